The maximum atomic E-state index is 5.59. The van der Waals surface area contributed by atoms with E-state index in [4.69, 9.17) is 22.2 Å². The summed E-state index contributed by atoms with van der Waals surface area (Å²) in [7, 11) is 1.50. The maximum absolute atomic E-state index is 5.59. The fourth-order valence-electron chi connectivity index (χ4n) is 0.605. The third kappa shape index (κ3) is 1.47. The Morgan fingerprint density at radius 1 is 1.90 bits per heavy atom. The molecular formula is C5H8ClN3O. The van der Waals surface area contributed by atoms with Gasteiger partial charge in [0, 0.05) is 6.21 Å². The highest BCUT2D eigenvalue weighted by molar-refractivity contribution is 6.39. The lowest BCUT2D eigenvalue weighted by atomic mass is 10.5. The van der Waals surface area contributed by atoms with Crippen LogP contribution in [-0.4, -0.2) is 24.7 Å². The van der Waals surface area contributed by atoms with Gasteiger partial charge in [0.1, 0.15) is 0 Å². The SMILES string of the molecule is CON1C=C(Cl)C=NC1N. The molecule has 1 atom stereocenters. The van der Waals surface area contributed by atoms with Gasteiger partial charge in [-0.2, -0.15) is 0 Å². The van der Waals surface area contributed by atoms with Crippen LogP contribution in [0, 0.1) is 0 Å². The van der Waals surface area contributed by atoms with E-state index >= 15 is 0 Å². The quantitative estimate of drug-likeness (QED) is 0.600. The Bertz CT molecular complexity index is 180. The van der Waals surface area contributed by atoms with E-state index in [1.165, 1.54) is 18.4 Å². The molecule has 1 heterocycles. The molecule has 0 fully saturated rings. The summed E-state index contributed by atoms with van der Waals surface area (Å²) in [6.45, 7) is 0. The summed E-state index contributed by atoms with van der Waals surface area (Å²) in [4.78, 5) is 8.62. The van der Waals surface area contributed by atoms with Crippen molar-refractivity contribution in [2.45, 2.75) is 6.29 Å². The van der Waals surface area contributed by atoms with Gasteiger partial charge in [0.05, 0.1) is 18.3 Å². The van der Waals surface area contributed by atoms with Crippen LogP contribution in [-0.2, 0) is 4.84 Å². The Morgan fingerprint density at radius 3 is 3.10 bits per heavy atom. The van der Waals surface area contributed by atoms with Gasteiger partial charge in [0.2, 0.25) is 0 Å². The Hall–Kier alpha value is -0.580. The van der Waals surface area contributed by atoms with Gasteiger partial charge in [-0.05, 0) is 0 Å². The number of nitrogens with two attached hydrogens (primary N) is 1. The normalized spacial score (nSPS) is 24.9. The van der Waals surface area contributed by atoms with Gasteiger partial charge < -0.3 is 0 Å². The number of aliphatic imine (C=N–C) groups is 1. The zero-order valence-corrected chi connectivity index (χ0v) is 6.25. The predicted molar refractivity (Wildman–Crippen MR) is 39.3 cm³/mol. The Kier molecular flexibility index (Phi) is 2.26. The van der Waals surface area contributed by atoms with Gasteiger partial charge in [-0.3, -0.25) is 10.6 Å². The van der Waals surface area contributed by atoms with Gasteiger partial charge in [0.25, 0.3) is 0 Å². The van der Waals surface area contributed by atoms with Crippen molar-refractivity contribution in [3.8, 4) is 0 Å². The maximum Gasteiger partial charge on any atom is 0.196 e. The molecule has 0 aromatic carbocycles. The molecule has 0 saturated heterocycles. The minimum Gasteiger partial charge on any atom is -0.291 e. The highest BCUT2D eigenvalue weighted by atomic mass is 35.5. The predicted octanol–water partition coefficient (Wildman–Crippen LogP) is 0.257. The summed E-state index contributed by atoms with van der Waals surface area (Å²) in [5.41, 5.74) is 5.45. The fraction of sp³-hybridized carbons (Fsp3) is 0.400. The number of nitrogens with zero attached hydrogens (tertiary/aromatic N) is 2. The van der Waals surface area contributed by atoms with Crippen LogP contribution in [0.15, 0.2) is 16.2 Å². The van der Waals surface area contributed by atoms with Crippen LogP contribution in [0.5, 0.6) is 0 Å². The molecule has 0 radical (unpaired) electrons. The molecule has 2 N–H and O–H groups in total. The van der Waals surface area contributed by atoms with Crippen LogP contribution in [0.1, 0.15) is 0 Å². The van der Waals surface area contributed by atoms with E-state index in [0.717, 1.165) is 0 Å². The van der Waals surface area contributed by atoms with Crippen molar-refractivity contribution in [2.24, 2.45) is 10.7 Å². The second kappa shape index (κ2) is 3.01. The van der Waals surface area contributed by atoms with Gasteiger partial charge in [-0.25, -0.2) is 10.1 Å². The first kappa shape index (κ1) is 7.53. The fourth-order valence-corrected chi connectivity index (χ4v) is 0.758. The van der Waals surface area contributed by atoms with E-state index in [2.05, 4.69) is 4.99 Å². The number of allylic oxidation sites excluding steroid dienone is 1. The van der Waals surface area contributed by atoms with E-state index in [-0.39, 0.29) is 0 Å². The summed E-state index contributed by atoms with van der Waals surface area (Å²) < 4.78 is 0. The number of hydrogen-bond acceptors (Lipinski definition) is 4. The van der Waals surface area contributed by atoms with Crippen molar-refractivity contribution in [1.82, 2.24) is 5.06 Å². The summed E-state index contributed by atoms with van der Waals surface area (Å²) in [6.07, 6.45) is 2.58. The lowest BCUT2D eigenvalue weighted by Crippen LogP contribution is -2.37. The highest BCUT2D eigenvalue weighted by Gasteiger charge is 2.11. The van der Waals surface area contributed by atoms with E-state index < -0.39 is 6.29 Å². The molecule has 0 saturated carbocycles. The van der Waals surface area contributed by atoms with Crippen molar-refractivity contribution in [3.63, 3.8) is 0 Å². The molecule has 0 aliphatic carbocycles. The van der Waals surface area contributed by atoms with Crippen molar-refractivity contribution >= 4 is 17.8 Å². The average Bonchev–Trinajstić information content (AvgIpc) is 1.94. The van der Waals surface area contributed by atoms with E-state index in [1.54, 1.807) is 6.20 Å². The zero-order valence-electron chi connectivity index (χ0n) is 5.49. The number of halogens is 1. The minimum absolute atomic E-state index is 0.479. The smallest absolute Gasteiger partial charge is 0.196 e. The molecule has 1 aliphatic rings. The van der Waals surface area contributed by atoms with Crippen molar-refractivity contribution in [3.05, 3.63) is 11.2 Å². The number of hydroxylamine groups is 2. The first-order valence-corrected chi connectivity index (χ1v) is 3.10. The summed E-state index contributed by atoms with van der Waals surface area (Å²) >= 11 is 5.59. The minimum atomic E-state index is -0.479. The molecule has 10 heavy (non-hydrogen) atoms. The largest absolute Gasteiger partial charge is 0.291 e. The molecule has 0 bridgehead atoms. The van der Waals surface area contributed by atoms with Crippen LogP contribution in [0.4, 0.5) is 0 Å². The molecule has 0 aromatic heterocycles. The van der Waals surface area contributed by atoms with Crippen molar-refractivity contribution in [1.29, 1.82) is 0 Å². The molecule has 56 valence electrons. The van der Waals surface area contributed by atoms with Crippen LogP contribution in [0.3, 0.4) is 0 Å². The highest BCUT2D eigenvalue weighted by Crippen LogP contribution is 2.08. The van der Waals surface area contributed by atoms with E-state index in [1.807, 2.05) is 0 Å². The molecule has 5 heteroatoms. The van der Waals surface area contributed by atoms with Crippen LogP contribution >= 0.6 is 11.6 Å². The molecular weight excluding hydrogens is 154 g/mol. The van der Waals surface area contributed by atoms with Gasteiger partial charge in [-0.15, -0.1) is 0 Å². The molecule has 1 unspecified atom stereocenters. The lowest BCUT2D eigenvalue weighted by molar-refractivity contribution is -0.117. The summed E-state index contributed by atoms with van der Waals surface area (Å²) in [6, 6.07) is 0. The first-order chi connectivity index (χ1) is 4.74. The standard InChI is InChI=1S/C5H8ClN3O/c1-10-9-3-4(6)2-8-5(9)7/h2-3,5H,7H2,1H3. The Labute approximate surface area is 63.9 Å². The van der Waals surface area contributed by atoms with Gasteiger partial charge in [-0.1, -0.05) is 11.6 Å². The van der Waals surface area contributed by atoms with Gasteiger partial charge in [0.15, 0.2) is 6.29 Å². The number of rotatable bonds is 1. The third-order valence-electron chi connectivity index (χ3n) is 1.07. The molecule has 0 aromatic rings. The molecule has 0 spiro atoms. The zero-order chi connectivity index (χ0) is 7.56. The molecule has 4 nitrogen and oxygen atoms in total. The average molecular weight is 162 g/mol. The van der Waals surface area contributed by atoms with Crippen LogP contribution in [0.25, 0.3) is 0 Å². The second-order valence-corrected chi connectivity index (χ2v) is 2.18. The van der Waals surface area contributed by atoms with Crippen LogP contribution in [0.2, 0.25) is 0 Å². The molecule has 1 aliphatic heterocycles. The Balaban J connectivity index is 2.67. The molecule has 0 amide bonds. The lowest BCUT2D eigenvalue weighted by Gasteiger charge is -2.23. The molecule has 1 rings (SSSR count). The van der Waals surface area contributed by atoms with Crippen molar-refractivity contribution < 1.29 is 4.84 Å². The van der Waals surface area contributed by atoms with Crippen LogP contribution < -0.4 is 5.73 Å². The third-order valence-corrected chi connectivity index (χ3v) is 1.27. The summed E-state index contributed by atoms with van der Waals surface area (Å²) in [5, 5.41) is 1.87. The van der Waals surface area contributed by atoms with Gasteiger partial charge >= 0.3 is 0 Å². The monoisotopic (exact) mass is 161 g/mol. The Morgan fingerprint density at radius 2 is 2.60 bits per heavy atom. The van der Waals surface area contributed by atoms with E-state index in [0.29, 0.717) is 5.03 Å². The summed E-state index contributed by atoms with van der Waals surface area (Å²) in [5.74, 6) is 0. The number of hydrogen-bond donors (Lipinski definition) is 1. The topological polar surface area (TPSA) is 50.8 Å². The first-order valence-electron chi connectivity index (χ1n) is 2.72. The second-order valence-electron chi connectivity index (χ2n) is 1.75. The van der Waals surface area contributed by atoms with Crippen molar-refractivity contribution in [2.75, 3.05) is 7.11 Å². The van der Waals surface area contributed by atoms with E-state index in [9.17, 15) is 0 Å².